The van der Waals surface area contributed by atoms with Crippen molar-refractivity contribution in [1.29, 1.82) is 0 Å². The van der Waals surface area contributed by atoms with Gasteiger partial charge in [0.05, 0.1) is 0 Å². The van der Waals surface area contributed by atoms with Crippen LogP contribution in [0.25, 0.3) is 0 Å². The molecule has 1 aromatic rings. The van der Waals surface area contributed by atoms with Crippen LogP contribution in [0.3, 0.4) is 0 Å². The molecule has 0 spiro atoms. The van der Waals surface area contributed by atoms with E-state index >= 15 is 0 Å². The molecule has 0 radical (unpaired) electrons. The third kappa shape index (κ3) is 3.51. The van der Waals surface area contributed by atoms with Gasteiger partial charge in [0.15, 0.2) is 0 Å². The van der Waals surface area contributed by atoms with E-state index in [1.54, 1.807) is 0 Å². The summed E-state index contributed by atoms with van der Waals surface area (Å²) < 4.78 is 12.9. The Morgan fingerprint density at radius 2 is 1.71 bits per heavy atom. The zero-order chi connectivity index (χ0) is 13.0. The summed E-state index contributed by atoms with van der Waals surface area (Å²) in [5.41, 5.74) is 7.17. The Kier molecular flexibility index (Phi) is 5.09. The molecular weight excluding hydrogens is 215 g/mol. The molecule has 0 fully saturated rings. The minimum atomic E-state index is -0.204. The normalized spacial score (nSPS) is 15.3. The van der Waals surface area contributed by atoms with Crippen LogP contribution in [0.1, 0.15) is 39.3 Å². The van der Waals surface area contributed by atoms with Gasteiger partial charge in [0.2, 0.25) is 0 Å². The van der Waals surface area contributed by atoms with E-state index in [2.05, 4.69) is 25.7 Å². The van der Waals surface area contributed by atoms with Crippen molar-refractivity contribution in [3.63, 3.8) is 0 Å². The number of likely N-dealkylation sites (N-methyl/N-ethyl adjacent to an activating group) is 1. The predicted octanol–water partition coefficient (Wildman–Crippen LogP) is 2.94. The van der Waals surface area contributed by atoms with E-state index in [1.165, 1.54) is 12.1 Å². The third-order valence-corrected chi connectivity index (χ3v) is 3.10. The fourth-order valence-electron chi connectivity index (χ4n) is 2.34. The smallest absolute Gasteiger partial charge is 0.123 e. The highest BCUT2D eigenvalue weighted by Crippen LogP contribution is 2.25. The Morgan fingerprint density at radius 3 is 2.06 bits per heavy atom. The van der Waals surface area contributed by atoms with Crippen LogP contribution in [0.5, 0.6) is 0 Å². The Labute approximate surface area is 104 Å². The molecule has 1 rings (SSSR count). The van der Waals surface area contributed by atoms with E-state index in [1.807, 2.05) is 19.1 Å². The summed E-state index contributed by atoms with van der Waals surface area (Å²) in [6.45, 7) is 9.37. The second-order valence-corrected chi connectivity index (χ2v) is 4.78. The number of rotatable bonds is 5. The third-order valence-electron chi connectivity index (χ3n) is 3.10. The first kappa shape index (κ1) is 14.1. The van der Waals surface area contributed by atoms with Gasteiger partial charge < -0.3 is 5.73 Å². The van der Waals surface area contributed by atoms with Crippen molar-refractivity contribution in [1.82, 2.24) is 4.90 Å². The van der Waals surface area contributed by atoms with Crippen molar-refractivity contribution in [3.8, 4) is 0 Å². The van der Waals surface area contributed by atoms with Crippen LogP contribution in [-0.4, -0.2) is 23.5 Å². The molecule has 0 heterocycles. The zero-order valence-corrected chi connectivity index (χ0v) is 11.2. The van der Waals surface area contributed by atoms with Gasteiger partial charge >= 0.3 is 0 Å². The predicted molar refractivity (Wildman–Crippen MR) is 70.3 cm³/mol. The van der Waals surface area contributed by atoms with E-state index < -0.39 is 0 Å². The SMILES string of the molecule is CCN(C(C)C)C(c1ccc(F)cc1)C(C)N. The molecule has 0 aliphatic heterocycles. The lowest BCUT2D eigenvalue weighted by molar-refractivity contribution is 0.144. The van der Waals surface area contributed by atoms with E-state index in [4.69, 9.17) is 5.73 Å². The first-order valence-corrected chi connectivity index (χ1v) is 6.24. The van der Waals surface area contributed by atoms with Crippen molar-refractivity contribution >= 4 is 0 Å². The molecule has 2 nitrogen and oxygen atoms in total. The topological polar surface area (TPSA) is 29.3 Å². The summed E-state index contributed by atoms with van der Waals surface area (Å²) in [7, 11) is 0. The average molecular weight is 238 g/mol. The second kappa shape index (κ2) is 6.12. The maximum atomic E-state index is 12.9. The molecule has 0 aromatic heterocycles. The van der Waals surface area contributed by atoms with Gasteiger partial charge in [0.1, 0.15) is 5.82 Å². The highest BCUT2D eigenvalue weighted by Gasteiger charge is 2.24. The van der Waals surface area contributed by atoms with Crippen molar-refractivity contribution in [2.24, 2.45) is 5.73 Å². The standard InChI is InChI=1S/C14H23FN2/c1-5-17(10(2)3)14(11(4)16)12-6-8-13(15)9-7-12/h6-11,14H,5,16H2,1-4H3. The maximum absolute atomic E-state index is 12.9. The van der Waals surface area contributed by atoms with Gasteiger partial charge in [-0.3, -0.25) is 4.90 Å². The number of hydrogen-bond acceptors (Lipinski definition) is 2. The van der Waals surface area contributed by atoms with Gasteiger partial charge in [-0.25, -0.2) is 4.39 Å². The number of nitrogens with zero attached hydrogens (tertiary/aromatic N) is 1. The summed E-state index contributed by atoms with van der Waals surface area (Å²) in [5.74, 6) is -0.204. The van der Waals surface area contributed by atoms with Gasteiger partial charge in [0, 0.05) is 18.1 Å². The molecule has 96 valence electrons. The number of nitrogens with two attached hydrogens (primary N) is 1. The van der Waals surface area contributed by atoms with Crippen molar-refractivity contribution in [3.05, 3.63) is 35.6 Å². The van der Waals surface area contributed by atoms with E-state index in [0.717, 1.165) is 12.1 Å². The minimum absolute atomic E-state index is 0.0165. The van der Waals surface area contributed by atoms with Crippen LogP contribution in [-0.2, 0) is 0 Å². The van der Waals surface area contributed by atoms with Crippen LogP contribution in [0.4, 0.5) is 4.39 Å². The molecule has 0 aliphatic rings. The van der Waals surface area contributed by atoms with Crippen molar-refractivity contribution in [2.75, 3.05) is 6.54 Å². The zero-order valence-electron chi connectivity index (χ0n) is 11.2. The fraction of sp³-hybridized carbons (Fsp3) is 0.571. The van der Waals surface area contributed by atoms with Gasteiger partial charge in [-0.15, -0.1) is 0 Å². The van der Waals surface area contributed by atoms with E-state index in [0.29, 0.717) is 6.04 Å². The Hall–Kier alpha value is -0.930. The quantitative estimate of drug-likeness (QED) is 0.854. The summed E-state index contributed by atoms with van der Waals surface area (Å²) in [5, 5.41) is 0. The highest BCUT2D eigenvalue weighted by atomic mass is 19.1. The second-order valence-electron chi connectivity index (χ2n) is 4.78. The minimum Gasteiger partial charge on any atom is -0.326 e. The van der Waals surface area contributed by atoms with Crippen LogP contribution >= 0.6 is 0 Å². The molecule has 2 unspecified atom stereocenters. The average Bonchev–Trinajstić information content (AvgIpc) is 2.26. The number of hydrogen-bond donors (Lipinski definition) is 1. The lowest BCUT2D eigenvalue weighted by atomic mass is 9.98. The summed E-state index contributed by atoms with van der Waals surface area (Å²) in [6.07, 6.45) is 0. The summed E-state index contributed by atoms with van der Waals surface area (Å²) >= 11 is 0. The van der Waals surface area contributed by atoms with Crippen molar-refractivity contribution < 1.29 is 4.39 Å². The molecule has 0 aliphatic carbocycles. The highest BCUT2D eigenvalue weighted by molar-refractivity contribution is 5.21. The lowest BCUT2D eigenvalue weighted by Crippen LogP contribution is -2.43. The van der Waals surface area contributed by atoms with Gasteiger partial charge in [-0.2, -0.15) is 0 Å². The summed E-state index contributed by atoms with van der Waals surface area (Å²) in [4.78, 5) is 2.33. The summed E-state index contributed by atoms with van der Waals surface area (Å²) in [6, 6.07) is 7.23. The Balaban J connectivity index is 3.03. The van der Waals surface area contributed by atoms with Crippen LogP contribution in [0.2, 0.25) is 0 Å². The molecule has 1 aromatic carbocycles. The molecule has 2 N–H and O–H groups in total. The molecule has 17 heavy (non-hydrogen) atoms. The Bertz CT molecular complexity index is 333. The van der Waals surface area contributed by atoms with Gasteiger partial charge in [0.25, 0.3) is 0 Å². The molecular formula is C14H23FN2. The fourth-order valence-corrected chi connectivity index (χ4v) is 2.34. The van der Waals surface area contributed by atoms with Gasteiger partial charge in [-0.1, -0.05) is 19.1 Å². The number of benzene rings is 1. The first-order chi connectivity index (χ1) is 7.97. The van der Waals surface area contributed by atoms with E-state index in [9.17, 15) is 4.39 Å². The van der Waals surface area contributed by atoms with E-state index in [-0.39, 0.29) is 17.9 Å². The molecule has 0 saturated carbocycles. The maximum Gasteiger partial charge on any atom is 0.123 e. The Morgan fingerprint density at radius 1 is 1.18 bits per heavy atom. The van der Waals surface area contributed by atoms with Gasteiger partial charge in [-0.05, 0) is 45.0 Å². The molecule has 3 heteroatoms. The largest absolute Gasteiger partial charge is 0.326 e. The molecule has 2 atom stereocenters. The lowest BCUT2D eigenvalue weighted by Gasteiger charge is -2.36. The van der Waals surface area contributed by atoms with Crippen LogP contribution < -0.4 is 5.73 Å². The molecule has 0 saturated heterocycles. The molecule has 0 amide bonds. The first-order valence-electron chi connectivity index (χ1n) is 6.24. The molecule has 0 bridgehead atoms. The van der Waals surface area contributed by atoms with Crippen molar-refractivity contribution in [2.45, 2.75) is 45.8 Å². The number of halogens is 1. The monoisotopic (exact) mass is 238 g/mol. The van der Waals surface area contributed by atoms with Crippen LogP contribution in [0, 0.1) is 5.82 Å². The van der Waals surface area contributed by atoms with Crippen LogP contribution in [0.15, 0.2) is 24.3 Å².